The van der Waals surface area contributed by atoms with Crippen molar-refractivity contribution in [3.05, 3.63) is 28.8 Å². The average Bonchev–Trinajstić information content (AvgIpc) is 2.19. The van der Waals surface area contributed by atoms with Crippen LogP contribution in [0.3, 0.4) is 0 Å². The second kappa shape index (κ2) is 5.67. The molecule has 0 atom stereocenters. The minimum atomic E-state index is -0.461. The Hall–Kier alpha value is -1.33. The van der Waals surface area contributed by atoms with Crippen molar-refractivity contribution in [3.63, 3.8) is 0 Å². The molecule has 0 spiro atoms. The number of nitrogens with one attached hydrogen (secondary N) is 2. The van der Waals surface area contributed by atoms with E-state index in [2.05, 4.69) is 10.6 Å². The fraction of sp³-hybridized carbons (Fsp3) is 0.200. The summed E-state index contributed by atoms with van der Waals surface area (Å²) in [6, 6.07) is 5.39. The predicted molar refractivity (Wildman–Crippen MR) is 69.6 cm³/mol. The lowest BCUT2D eigenvalue weighted by molar-refractivity contribution is -0.116. The van der Waals surface area contributed by atoms with E-state index in [-0.39, 0.29) is 6.54 Å². The maximum absolute atomic E-state index is 10.5. The largest absolute Gasteiger partial charge is 0.368 e. The van der Waals surface area contributed by atoms with Crippen LogP contribution in [0.2, 0.25) is 5.02 Å². The monoisotopic (exact) mass is 257 g/mol. The molecule has 1 aromatic carbocycles. The number of hydrogen-bond acceptors (Lipinski definition) is 2. The van der Waals surface area contributed by atoms with Crippen LogP contribution in [0.4, 0.5) is 5.69 Å². The normalized spacial score (nSPS) is 9.62. The molecule has 0 radical (unpaired) electrons. The molecule has 6 heteroatoms. The summed E-state index contributed by atoms with van der Waals surface area (Å²) in [6.45, 7) is 1.92. The quantitative estimate of drug-likeness (QED) is 0.717. The highest BCUT2D eigenvalue weighted by molar-refractivity contribution is 7.80. The molecule has 0 unspecified atom stereocenters. The highest BCUT2D eigenvalue weighted by Crippen LogP contribution is 2.19. The number of nitrogens with two attached hydrogens (primary N) is 1. The van der Waals surface area contributed by atoms with Gasteiger partial charge in [-0.1, -0.05) is 11.6 Å². The van der Waals surface area contributed by atoms with E-state index < -0.39 is 5.91 Å². The fourth-order valence-corrected chi connectivity index (χ4v) is 1.51. The van der Waals surface area contributed by atoms with Gasteiger partial charge in [-0.3, -0.25) is 4.79 Å². The Morgan fingerprint density at radius 3 is 2.81 bits per heavy atom. The maximum atomic E-state index is 10.5. The van der Waals surface area contributed by atoms with Crippen molar-refractivity contribution in [1.82, 2.24) is 5.32 Å². The van der Waals surface area contributed by atoms with Crippen molar-refractivity contribution in [2.24, 2.45) is 5.73 Å². The number of carbonyl (C=O) groups excluding carboxylic acids is 1. The topological polar surface area (TPSA) is 67.2 Å². The zero-order chi connectivity index (χ0) is 12.1. The highest BCUT2D eigenvalue weighted by atomic mass is 35.5. The van der Waals surface area contributed by atoms with Gasteiger partial charge in [-0.15, -0.1) is 0 Å². The molecule has 4 nitrogen and oxygen atoms in total. The zero-order valence-electron chi connectivity index (χ0n) is 8.71. The van der Waals surface area contributed by atoms with Crippen molar-refractivity contribution < 1.29 is 4.79 Å². The van der Waals surface area contributed by atoms with E-state index >= 15 is 0 Å². The summed E-state index contributed by atoms with van der Waals surface area (Å²) in [7, 11) is 0. The Morgan fingerprint density at radius 1 is 1.56 bits per heavy atom. The van der Waals surface area contributed by atoms with Crippen molar-refractivity contribution in [2.75, 3.05) is 11.9 Å². The average molecular weight is 258 g/mol. The minimum absolute atomic E-state index is 0.0124. The van der Waals surface area contributed by atoms with E-state index in [0.717, 1.165) is 11.3 Å². The third-order valence-electron chi connectivity index (χ3n) is 1.86. The standard InChI is InChI=1S/C10H12ClN3OS/c1-6-4-7(11)2-3-8(6)14-10(16)13-5-9(12)15/h2-4H,5H2,1H3,(H2,12,15)(H2,13,14,16). The fourth-order valence-electron chi connectivity index (χ4n) is 1.10. The smallest absolute Gasteiger partial charge is 0.236 e. The third kappa shape index (κ3) is 4.04. The van der Waals surface area contributed by atoms with Crippen molar-refractivity contribution in [3.8, 4) is 0 Å². The molecule has 0 saturated heterocycles. The lowest BCUT2D eigenvalue weighted by Crippen LogP contribution is -2.36. The van der Waals surface area contributed by atoms with E-state index in [1.807, 2.05) is 19.1 Å². The number of rotatable bonds is 3. The number of anilines is 1. The van der Waals surface area contributed by atoms with Crippen LogP contribution in [0, 0.1) is 6.92 Å². The first-order valence-corrected chi connectivity index (χ1v) is 5.37. The first-order valence-electron chi connectivity index (χ1n) is 4.58. The first kappa shape index (κ1) is 12.7. The zero-order valence-corrected chi connectivity index (χ0v) is 10.3. The molecule has 0 aliphatic rings. The van der Waals surface area contributed by atoms with Crippen LogP contribution in [-0.4, -0.2) is 17.6 Å². The van der Waals surface area contributed by atoms with E-state index in [4.69, 9.17) is 29.6 Å². The Morgan fingerprint density at radius 2 is 2.25 bits per heavy atom. The molecule has 0 fully saturated rings. The van der Waals surface area contributed by atoms with Crippen molar-refractivity contribution in [2.45, 2.75) is 6.92 Å². The summed E-state index contributed by atoms with van der Waals surface area (Å²) in [4.78, 5) is 10.5. The number of hydrogen-bond donors (Lipinski definition) is 3. The van der Waals surface area contributed by atoms with Gasteiger partial charge in [0.2, 0.25) is 5.91 Å². The van der Waals surface area contributed by atoms with Crippen LogP contribution in [0.25, 0.3) is 0 Å². The lowest BCUT2D eigenvalue weighted by Gasteiger charge is -2.11. The molecular weight excluding hydrogens is 246 g/mol. The van der Waals surface area contributed by atoms with Gasteiger partial charge in [0.1, 0.15) is 0 Å². The summed E-state index contributed by atoms with van der Waals surface area (Å²) >= 11 is 10.8. The van der Waals surface area contributed by atoms with Crippen LogP contribution in [0.15, 0.2) is 18.2 Å². The van der Waals surface area contributed by atoms with Gasteiger partial charge < -0.3 is 16.4 Å². The summed E-state index contributed by atoms with van der Waals surface area (Å²) in [5.74, 6) is -0.461. The Kier molecular flexibility index (Phi) is 4.52. The van der Waals surface area contributed by atoms with E-state index in [1.165, 1.54) is 0 Å². The van der Waals surface area contributed by atoms with E-state index in [0.29, 0.717) is 10.1 Å². The van der Waals surface area contributed by atoms with Crippen LogP contribution in [-0.2, 0) is 4.79 Å². The van der Waals surface area contributed by atoms with Gasteiger partial charge in [0, 0.05) is 10.7 Å². The SMILES string of the molecule is Cc1cc(Cl)ccc1NC(=S)NCC(N)=O. The van der Waals surface area contributed by atoms with Gasteiger partial charge in [0.15, 0.2) is 5.11 Å². The summed E-state index contributed by atoms with van der Waals surface area (Å²) in [5.41, 5.74) is 6.79. The number of amides is 1. The Balaban J connectivity index is 2.59. The van der Waals surface area contributed by atoms with Crippen molar-refractivity contribution >= 4 is 40.5 Å². The molecule has 0 heterocycles. The van der Waals surface area contributed by atoms with Crippen LogP contribution in [0.5, 0.6) is 0 Å². The molecule has 86 valence electrons. The molecule has 0 aromatic heterocycles. The number of thiocarbonyl (C=S) groups is 1. The molecule has 1 amide bonds. The van der Waals surface area contributed by atoms with Crippen LogP contribution < -0.4 is 16.4 Å². The predicted octanol–water partition coefficient (Wildman–Crippen LogP) is 1.42. The number of halogens is 1. The molecule has 0 aliphatic heterocycles. The molecule has 4 N–H and O–H groups in total. The molecule has 1 rings (SSSR count). The Labute approximate surface area is 104 Å². The lowest BCUT2D eigenvalue weighted by atomic mass is 10.2. The van der Waals surface area contributed by atoms with Crippen LogP contribution >= 0.6 is 23.8 Å². The van der Waals surface area contributed by atoms with Gasteiger partial charge in [0.05, 0.1) is 6.54 Å². The number of benzene rings is 1. The van der Waals surface area contributed by atoms with E-state index in [1.54, 1.807) is 6.07 Å². The van der Waals surface area contributed by atoms with Gasteiger partial charge in [-0.25, -0.2) is 0 Å². The molecule has 0 aliphatic carbocycles. The van der Waals surface area contributed by atoms with Gasteiger partial charge in [0.25, 0.3) is 0 Å². The van der Waals surface area contributed by atoms with Crippen LogP contribution in [0.1, 0.15) is 5.56 Å². The molecule has 16 heavy (non-hydrogen) atoms. The summed E-state index contributed by atoms with van der Waals surface area (Å²) in [6.07, 6.45) is 0. The Bertz CT molecular complexity index is 423. The van der Waals surface area contributed by atoms with Gasteiger partial charge in [-0.2, -0.15) is 0 Å². The summed E-state index contributed by atoms with van der Waals surface area (Å²) < 4.78 is 0. The molecule has 0 bridgehead atoms. The van der Waals surface area contributed by atoms with Crippen molar-refractivity contribution in [1.29, 1.82) is 0 Å². The van der Waals surface area contributed by atoms with Gasteiger partial charge in [-0.05, 0) is 42.9 Å². The third-order valence-corrected chi connectivity index (χ3v) is 2.34. The van der Waals surface area contributed by atoms with E-state index in [9.17, 15) is 4.79 Å². The first-order chi connectivity index (χ1) is 7.49. The summed E-state index contributed by atoms with van der Waals surface area (Å²) in [5, 5.41) is 6.65. The minimum Gasteiger partial charge on any atom is -0.368 e. The maximum Gasteiger partial charge on any atom is 0.236 e. The number of aryl methyl sites for hydroxylation is 1. The highest BCUT2D eigenvalue weighted by Gasteiger charge is 2.02. The molecular formula is C10H12ClN3OS. The molecule has 0 saturated carbocycles. The van der Waals surface area contributed by atoms with Gasteiger partial charge >= 0.3 is 0 Å². The second-order valence-electron chi connectivity index (χ2n) is 3.23. The second-order valence-corrected chi connectivity index (χ2v) is 4.08. The number of carbonyl (C=O) groups is 1. The number of primary amides is 1. The molecule has 1 aromatic rings.